The molecule has 2 aliphatic rings. The van der Waals surface area contributed by atoms with Crippen LogP contribution < -0.4 is 4.90 Å². The van der Waals surface area contributed by atoms with Crippen molar-refractivity contribution in [2.45, 2.75) is 4.90 Å². The van der Waals surface area contributed by atoms with Crippen molar-refractivity contribution in [3.63, 3.8) is 0 Å². The molecule has 3 heterocycles. The monoisotopic (exact) mass is 406 g/mol. The van der Waals surface area contributed by atoms with E-state index in [1.807, 2.05) is 29.2 Å². The number of pyridine rings is 1. The number of fused-ring (bicyclic) bond motifs is 1. The molecule has 0 unspecified atom stereocenters. The molecule has 1 saturated heterocycles. The van der Waals surface area contributed by atoms with Crippen molar-refractivity contribution < 1.29 is 8.42 Å². The van der Waals surface area contributed by atoms with Crippen LogP contribution in [0.15, 0.2) is 56.4 Å². The quantitative estimate of drug-likeness (QED) is 0.725. The Hall–Kier alpha value is -1.93. The molecule has 2 aromatic rings. The fraction of sp³-hybridized carbons (Fsp3) is 0.250. The van der Waals surface area contributed by atoms with Crippen molar-refractivity contribution in [3.8, 4) is 0 Å². The summed E-state index contributed by atoms with van der Waals surface area (Å²) in [6, 6.07) is 11.0. The number of rotatable bonds is 1. The number of halogens is 1. The standard InChI is InChI=1S/C16H15BrN4O2S/c17-12-5-6-15(18-11-12)20-7-9-21(10-8-20)16-13-3-1-2-4-14(13)24(22,23)19-16/h1-6,11H,7-10H2. The molecule has 0 aliphatic carbocycles. The van der Waals surface area contributed by atoms with Crippen LogP contribution in [0.2, 0.25) is 0 Å². The van der Waals surface area contributed by atoms with E-state index in [-0.39, 0.29) is 0 Å². The molecule has 24 heavy (non-hydrogen) atoms. The highest BCUT2D eigenvalue weighted by Gasteiger charge is 2.32. The smallest absolute Gasteiger partial charge is 0.285 e. The Balaban J connectivity index is 1.54. The normalized spacial score (nSPS) is 19.1. The van der Waals surface area contributed by atoms with Crippen LogP contribution in [0.3, 0.4) is 0 Å². The molecule has 6 nitrogen and oxygen atoms in total. The summed E-state index contributed by atoms with van der Waals surface area (Å²) >= 11 is 3.39. The van der Waals surface area contributed by atoms with Crippen molar-refractivity contribution in [2.75, 3.05) is 31.1 Å². The molecule has 0 radical (unpaired) electrons. The SMILES string of the molecule is O=S1(=O)N=C(N2CCN(c3ccc(Br)cn3)CC2)c2ccccc21. The van der Waals surface area contributed by atoms with Crippen LogP contribution in [0.1, 0.15) is 5.56 Å². The van der Waals surface area contributed by atoms with Gasteiger partial charge < -0.3 is 9.80 Å². The Morgan fingerprint density at radius 1 is 0.958 bits per heavy atom. The van der Waals surface area contributed by atoms with E-state index in [0.717, 1.165) is 23.4 Å². The second-order valence-corrected chi connectivity index (χ2v) is 8.18. The lowest BCUT2D eigenvalue weighted by atomic mass is 10.1. The maximum atomic E-state index is 12.2. The van der Waals surface area contributed by atoms with Crippen LogP contribution in [-0.4, -0.2) is 50.3 Å². The zero-order chi connectivity index (χ0) is 16.7. The molecule has 1 aromatic heterocycles. The van der Waals surface area contributed by atoms with E-state index in [0.29, 0.717) is 29.4 Å². The van der Waals surface area contributed by atoms with Crippen LogP contribution in [0.25, 0.3) is 0 Å². The van der Waals surface area contributed by atoms with Gasteiger partial charge in [0.2, 0.25) is 0 Å². The fourth-order valence-electron chi connectivity index (χ4n) is 3.02. The maximum Gasteiger partial charge on any atom is 0.285 e. The van der Waals surface area contributed by atoms with Crippen LogP contribution >= 0.6 is 15.9 Å². The van der Waals surface area contributed by atoms with E-state index in [1.54, 1.807) is 18.3 Å². The predicted octanol–water partition coefficient (Wildman–Crippen LogP) is 2.12. The Morgan fingerprint density at radius 2 is 1.67 bits per heavy atom. The summed E-state index contributed by atoms with van der Waals surface area (Å²) in [6.07, 6.45) is 1.78. The lowest BCUT2D eigenvalue weighted by molar-refractivity contribution is 0.386. The first-order chi connectivity index (χ1) is 11.5. The molecule has 1 fully saturated rings. The first-order valence-electron chi connectivity index (χ1n) is 7.60. The van der Waals surface area contributed by atoms with Gasteiger partial charge in [0, 0.05) is 42.4 Å². The third-order valence-corrected chi connectivity index (χ3v) is 6.02. The summed E-state index contributed by atoms with van der Waals surface area (Å²) in [6.45, 7) is 2.96. The Bertz CT molecular complexity index is 904. The molecule has 8 heteroatoms. The summed E-state index contributed by atoms with van der Waals surface area (Å²) in [5, 5.41) is 0. The first-order valence-corrected chi connectivity index (χ1v) is 9.84. The second kappa shape index (κ2) is 5.86. The third-order valence-electron chi connectivity index (χ3n) is 4.23. The Labute approximate surface area is 149 Å². The number of hydrogen-bond acceptors (Lipinski definition) is 5. The topological polar surface area (TPSA) is 65.9 Å². The van der Waals surface area contributed by atoms with Gasteiger partial charge in [0.25, 0.3) is 10.0 Å². The molecular weight excluding hydrogens is 392 g/mol. The average Bonchev–Trinajstić information content (AvgIpc) is 2.88. The Morgan fingerprint density at radius 3 is 2.38 bits per heavy atom. The van der Waals surface area contributed by atoms with Gasteiger partial charge in [-0.3, -0.25) is 0 Å². The first kappa shape index (κ1) is 15.6. The molecule has 4 rings (SSSR count). The zero-order valence-electron chi connectivity index (χ0n) is 12.8. The number of amidine groups is 1. The molecule has 0 N–H and O–H groups in total. The van der Waals surface area contributed by atoms with Crippen molar-refractivity contribution in [3.05, 3.63) is 52.6 Å². The van der Waals surface area contributed by atoms with E-state index >= 15 is 0 Å². The van der Waals surface area contributed by atoms with Crippen molar-refractivity contribution in [1.29, 1.82) is 0 Å². The average molecular weight is 407 g/mol. The number of aromatic nitrogens is 1. The minimum absolute atomic E-state index is 0.303. The minimum atomic E-state index is -3.56. The lowest BCUT2D eigenvalue weighted by Gasteiger charge is -2.36. The number of hydrogen-bond donors (Lipinski definition) is 0. The molecule has 0 saturated carbocycles. The maximum absolute atomic E-state index is 12.2. The number of nitrogens with zero attached hydrogens (tertiary/aromatic N) is 4. The van der Waals surface area contributed by atoms with Crippen LogP contribution in [0, 0.1) is 0 Å². The number of sulfonamides is 1. The second-order valence-electron chi connectivity index (χ2n) is 5.69. The zero-order valence-corrected chi connectivity index (χ0v) is 15.2. The molecule has 0 bridgehead atoms. The van der Waals surface area contributed by atoms with E-state index in [1.165, 1.54) is 0 Å². The van der Waals surface area contributed by atoms with Gasteiger partial charge in [0.05, 0.1) is 0 Å². The van der Waals surface area contributed by atoms with E-state index in [2.05, 4.69) is 30.2 Å². The highest BCUT2D eigenvalue weighted by atomic mass is 79.9. The van der Waals surface area contributed by atoms with Gasteiger partial charge in [-0.1, -0.05) is 12.1 Å². The van der Waals surface area contributed by atoms with E-state index < -0.39 is 10.0 Å². The molecular formula is C16H15BrN4O2S. The fourth-order valence-corrected chi connectivity index (χ4v) is 4.48. The van der Waals surface area contributed by atoms with Crippen LogP contribution in [-0.2, 0) is 10.0 Å². The molecule has 0 amide bonds. The van der Waals surface area contributed by atoms with Crippen molar-refractivity contribution in [2.24, 2.45) is 4.40 Å². The summed E-state index contributed by atoms with van der Waals surface area (Å²) in [4.78, 5) is 8.95. The molecule has 0 atom stereocenters. The summed E-state index contributed by atoms with van der Waals surface area (Å²) in [5.41, 5.74) is 0.702. The van der Waals surface area contributed by atoms with Crippen molar-refractivity contribution in [1.82, 2.24) is 9.88 Å². The van der Waals surface area contributed by atoms with E-state index in [9.17, 15) is 8.42 Å². The van der Waals surface area contributed by atoms with Gasteiger partial charge in [-0.2, -0.15) is 8.42 Å². The lowest BCUT2D eigenvalue weighted by Crippen LogP contribution is -2.49. The highest BCUT2D eigenvalue weighted by molar-refractivity contribution is 9.10. The van der Waals surface area contributed by atoms with Gasteiger partial charge in [0.15, 0.2) is 5.84 Å². The highest BCUT2D eigenvalue weighted by Crippen LogP contribution is 2.28. The summed E-state index contributed by atoms with van der Waals surface area (Å²) < 4.78 is 29.3. The van der Waals surface area contributed by atoms with Gasteiger partial charge in [-0.25, -0.2) is 4.98 Å². The summed E-state index contributed by atoms with van der Waals surface area (Å²) in [5.74, 6) is 1.49. The van der Waals surface area contributed by atoms with Gasteiger partial charge >= 0.3 is 0 Å². The van der Waals surface area contributed by atoms with Gasteiger partial charge in [-0.15, -0.1) is 4.40 Å². The van der Waals surface area contributed by atoms with Crippen molar-refractivity contribution >= 4 is 37.6 Å². The van der Waals surface area contributed by atoms with Crippen LogP contribution in [0.4, 0.5) is 5.82 Å². The predicted molar refractivity (Wildman–Crippen MR) is 95.9 cm³/mol. The number of anilines is 1. The van der Waals surface area contributed by atoms with Gasteiger partial charge in [-0.05, 0) is 40.2 Å². The Kier molecular flexibility index (Phi) is 3.80. The number of piperazine rings is 1. The van der Waals surface area contributed by atoms with Gasteiger partial charge in [0.1, 0.15) is 10.7 Å². The third kappa shape index (κ3) is 2.69. The minimum Gasteiger partial charge on any atom is -0.353 e. The molecule has 0 spiro atoms. The molecule has 124 valence electrons. The van der Waals surface area contributed by atoms with Crippen LogP contribution in [0.5, 0.6) is 0 Å². The van der Waals surface area contributed by atoms with E-state index in [4.69, 9.17) is 0 Å². The molecule has 1 aromatic carbocycles. The largest absolute Gasteiger partial charge is 0.353 e. The number of benzene rings is 1. The summed E-state index contributed by atoms with van der Waals surface area (Å²) in [7, 11) is -3.56. The molecule has 2 aliphatic heterocycles.